The molecule has 4 nitrogen and oxygen atoms in total. The summed E-state index contributed by atoms with van der Waals surface area (Å²) in [6, 6.07) is 17.6. The van der Waals surface area contributed by atoms with Crippen molar-refractivity contribution in [3.8, 4) is 5.75 Å². The Labute approximate surface area is 146 Å². The van der Waals surface area contributed by atoms with Crippen LogP contribution in [-0.4, -0.2) is 18.0 Å². The summed E-state index contributed by atoms with van der Waals surface area (Å²) in [7, 11) is 1.65. The normalized spacial score (nSPS) is 15.4. The molecule has 1 fully saturated rings. The van der Waals surface area contributed by atoms with Crippen LogP contribution < -0.4 is 10.1 Å². The highest BCUT2D eigenvalue weighted by Gasteiger charge is 2.47. The lowest BCUT2D eigenvalue weighted by Gasteiger charge is -2.41. The molecule has 126 valence electrons. The molecule has 25 heavy (non-hydrogen) atoms. The molecule has 2 aromatic carbocycles. The van der Waals surface area contributed by atoms with E-state index in [1.807, 2.05) is 54.6 Å². The maximum atomic E-state index is 13.2. The number of benzene rings is 2. The molecule has 0 unspecified atom stereocenters. The number of hydrogen-bond acceptors (Lipinski definition) is 3. The van der Waals surface area contributed by atoms with Gasteiger partial charge in [-0.15, -0.1) is 0 Å². The SMILES string of the molecule is COc1ccccc1C1(C(=O)Nc2cccc3cccnc23)CCC1. The average molecular weight is 332 g/mol. The predicted molar refractivity (Wildman–Crippen MR) is 98.9 cm³/mol. The topological polar surface area (TPSA) is 51.2 Å². The third kappa shape index (κ3) is 2.54. The monoisotopic (exact) mass is 332 g/mol. The van der Waals surface area contributed by atoms with Gasteiger partial charge in [-0.1, -0.05) is 42.8 Å². The number of anilines is 1. The number of rotatable bonds is 4. The fraction of sp³-hybridized carbons (Fsp3) is 0.238. The molecule has 1 aliphatic rings. The molecule has 1 amide bonds. The van der Waals surface area contributed by atoms with E-state index >= 15 is 0 Å². The van der Waals surface area contributed by atoms with E-state index in [1.165, 1.54) is 0 Å². The molecule has 0 saturated heterocycles. The van der Waals surface area contributed by atoms with Crippen molar-refractivity contribution in [1.82, 2.24) is 4.98 Å². The second-order valence-corrected chi connectivity index (χ2v) is 6.47. The van der Waals surface area contributed by atoms with Crippen LogP contribution in [0.3, 0.4) is 0 Å². The molecule has 1 saturated carbocycles. The molecular weight excluding hydrogens is 312 g/mol. The van der Waals surface area contributed by atoms with Crippen molar-refractivity contribution in [3.63, 3.8) is 0 Å². The zero-order valence-corrected chi connectivity index (χ0v) is 14.2. The number of methoxy groups -OCH3 is 1. The van der Waals surface area contributed by atoms with Crippen molar-refractivity contribution < 1.29 is 9.53 Å². The zero-order valence-electron chi connectivity index (χ0n) is 14.2. The Morgan fingerprint density at radius 1 is 1.08 bits per heavy atom. The van der Waals surface area contributed by atoms with Crippen LogP contribution in [0.5, 0.6) is 5.75 Å². The quantitative estimate of drug-likeness (QED) is 0.775. The third-order valence-electron chi connectivity index (χ3n) is 5.15. The Morgan fingerprint density at radius 3 is 2.64 bits per heavy atom. The summed E-state index contributed by atoms with van der Waals surface area (Å²) in [5.74, 6) is 0.787. The summed E-state index contributed by atoms with van der Waals surface area (Å²) in [6.07, 6.45) is 4.45. The highest BCUT2D eigenvalue weighted by atomic mass is 16.5. The number of para-hydroxylation sites is 2. The van der Waals surface area contributed by atoms with Crippen LogP contribution in [0, 0.1) is 0 Å². The minimum absolute atomic E-state index is 0.0152. The van der Waals surface area contributed by atoms with Gasteiger partial charge in [0.25, 0.3) is 0 Å². The van der Waals surface area contributed by atoms with Crippen LogP contribution in [0.15, 0.2) is 60.8 Å². The lowest BCUT2D eigenvalue weighted by molar-refractivity contribution is -0.124. The van der Waals surface area contributed by atoms with Gasteiger partial charge in [-0.3, -0.25) is 9.78 Å². The molecule has 1 heterocycles. The molecule has 3 aromatic rings. The molecule has 0 aliphatic heterocycles. The van der Waals surface area contributed by atoms with Crippen molar-refractivity contribution in [2.75, 3.05) is 12.4 Å². The molecule has 0 spiro atoms. The van der Waals surface area contributed by atoms with Gasteiger partial charge < -0.3 is 10.1 Å². The molecule has 4 rings (SSSR count). The molecule has 0 bridgehead atoms. The number of nitrogens with zero attached hydrogens (tertiary/aromatic N) is 1. The smallest absolute Gasteiger partial charge is 0.235 e. The van der Waals surface area contributed by atoms with Gasteiger partial charge in [0.2, 0.25) is 5.91 Å². The van der Waals surface area contributed by atoms with Gasteiger partial charge in [0, 0.05) is 17.1 Å². The number of hydrogen-bond donors (Lipinski definition) is 1. The van der Waals surface area contributed by atoms with Crippen molar-refractivity contribution in [1.29, 1.82) is 0 Å². The van der Waals surface area contributed by atoms with E-state index in [0.717, 1.165) is 47.2 Å². The molecule has 0 radical (unpaired) electrons. The highest BCUT2D eigenvalue weighted by molar-refractivity contribution is 6.05. The summed E-state index contributed by atoms with van der Waals surface area (Å²) in [5, 5.41) is 4.13. The molecular formula is C21H20N2O2. The summed E-state index contributed by atoms with van der Waals surface area (Å²) in [4.78, 5) is 17.7. The first-order chi connectivity index (χ1) is 12.2. The minimum Gasteiger partial charge on any atom is -0.496 e. The number of aromatic nitrogens is 1. The Morgan fingerprint density at radius 2 is 1.88 bits per heavy atom. The number of ether oxygens (including phenoxy) is 1. The maximum Gasteiger partial charge on any atom is 0.235 e. The largest absolute Gasteiger partial charge is 0.496 e. The molecule has 1 N–H and O–H groups in total. The van der Waals surface area contributed by atoms with Gasteiger partial charge >= 0.3 is 0 Å². The van der Waals surface area contributed by atoms with Crippen LogP contribution in [0.1, 0.15) is 24.8 Å². The molecule has 1 aromatic heterocycles. The fourth-order valence-electron chi connectivity index (χ4n) is 3.64. The standard InChI is InChI=1S/C21H20N2O2/c1-25-18-11-3-2-9-16(18)21(12-6-13-21)20(24)23-17-10-4-7-15-8-5-14-22-19(15)17/h2-5,7-11,14H,6,12-13H2,1H3,(H,23,24). The molecule has 0 atom stereocenters. The van der Waals surface area contributed by atoms with E-state index in [9.17, 15) is 4.79 Å². The van der Waals surface area contributed by atoms with E-state index in [-0.39, 0.29) is 5.91 Å². The number of nitrogens with one attached hydrogen (secondary N) is 1. The summed E-state index contributed by atoms with van der Waals surface area (Å²) in [5.41, 5.74) is 2.01. The number of carbonyl (C=O) groups excluding carboxylic acids is 1. The highest BCUT2D eigenvalue weighted by Crippen LogP contribution is 2.48. The van der Waals surface area contributed by atoms with Crippen molar-refractivity contribution >= 4 is 22.5 Å². The van der Waals surface area contributed by atoms with Crippen LogP contribution in [0.2, 0.25) is 0 Å². The number of fused-ring (bicyclic) bond motifs is 1. The molecule has 1 aliphatic carbocycles. The van der Waals surface area contributed by atoms with Gasteiger partial charge in [-0.05, 0) is 31.0 Å². The van der Waals surface area contributed by atoms with E-state index in [2.05, 4.69) is 10.3 Å². The van der Waals surface area contributed by atoms with Crippen LogP contribution in [0.4, 0.5) is 5.69 Å². The summed E-state index contributed by atoms with van der Waals surface area (Å²) in [6.45, 7) is 0. The van der Waals surface area contributed by atoms with Crippen LogP contribution in [0.25, 0.3) is 10.9 Å². The predicted octanol–water partition coefficient (Wildman–Crippen LogP) is 4.30. The fourth-order valence-corrected chi connectivity index (χ4v) is 3.64. The van der Waals surface area contributed by atoms with Crippen molar-refractivity contribution in [2.45, 2.75) is 24.7 Å². The van der Waals surface area contributed by atoms with Crippen molar-refractivity contribution in [3.05, 3.63) is 66.4 Å². The Bertz CT molecular complexity index is 927. The van der Waals surface area contributed by atoms with Gasteiger partial charge in [0.05, 0.1) is 23.7 Å². The van der Waals surface area contributed by atoms with E-state index in [1.54, 1.807) is 13.3 Å². The summed E-state index contributed by atoms with van der Waals surface area (Å²) < 4.78 is 5.51. The average Bonchev–Trinajstić information content (AvgIpc) is 2.61. The zero-order chi connectivity index (χ0) is 17.3. The van der Waals surface area contributed by atoms with Crippen LogP contribution in [-0.2, 0) is 10.2 Å². The van der Waals surface area contributed by atoms with Gasteiger partial charge in [0.15, 0.2) is 0 Å². The van der Waals surface area contributed by atoms with Gasteiger partial charge in [-0.25, -0.2) is 0 Å². The summed E-state index contributed by atoms with van der Waals surface area (Å²) >= 11 is 0. The first kappa shape index (κ1) is 15.6. The first-order valence-electron chi connectivity index (χ1n) is 8.53. The van der Waals surface area contributed by atoms with Gasteiger partial charge in [-0.2, -0.15) is 0 Å². The molecule has 4 heteroatoms. The van der Waals surface area contributed by atoms with E-state index in [0.29, 0.717) is 0 Å². The van der Waals surface area contributed by atoms with Crippen LogP contribution >= 0.6 is 0 Å². The number of carbonyl (C=O) groups is 1. The maximum absolute atomic E-state index is 13.2. The second-order valence-electron chi connectivity index (χ2n) is 6.47. The Balaban J connectivity index is 1.71. The third-order valence-corrected chi connectivity index (χ3v) is 5.15. The number of amides is 1. The van der Waals surface area contributed by atoms with E-state index < -0.39 is 5.41 Å². The lowest BCUT2D eigenvalue weighted by atomic mass is 9.63. The number of pyridine rings is 1. The van der Waals surface area contributed by atoms with Gasteiger partial charge in [0.1, 0.15) is 5.75 Å². The minimum atomic E-state index is -0.524. The Kier molecular flexibility index (Phi) is 3.88. The van der Waals surface area contributed by atoms with E-state index in [4.69, 9.17) is 4.74 Å². The first-order valence-corrected chi connectivity index (χ1v) is 8.53. The lowest BCUT2D eigenvalue weighted by Crippen LogP contribution is -2.46. The second kappa shape index (κ2) is 6.20. The van der Waals surface area contributed by atoms with Crippen molar-refractivity contribution in [2.24, 2.45) is 0 Å². The Hall–Kier alpha value is -2.88.